The van der Waals surface area contributed by atoms with E-state index in [1.165, 1.54) is 36.4 Å². The number of amides is 1. The van der Waals surface area contributed by atoms with Crippen molar-refractivity contribution in [3.05, 3.63) is 128 Å². The first kappa shape index (κ1) is 21.8. The maximum atomic E-state index is 14.2. The number of rotatable bonds is 6. The molecule has 7 nitrogen and oxygen atoms in total. The molecule has 9 heteroatoms. The molecule has 0 saturated carbocycles. The summed E-state index contributed by atoms with van der Waals surface area (Å²) in [5.74, 6) is -1.91. The fraction of sp³-hybridized carbons (Fsp3) is 0.0833. The average molecular weight is 448 g/mol. The molecule has 1 heterocycles. The van der Waals surface area contributed by atoms with E-state index in [0.717, 1.165) is 9.25 Å². The largest absolute Gasteiger partial charge is 0.352 e. The van der Waals surface area contributed by atoms with Gasteiger partial charge in [0.1, 0.15) is 11.6 Å². The van der Waals surface area contributed by atoms with Gasteiger partial charge in [-0.05, 0) is 35.9 Å². The van der Waals surface area contributed by atoms with E-state index in [0.29, 0.717) is 11.3 Å². The van der Waals surface area contributed by atoms with E-state index >= 15 is 0 Å². The van der Waals surface area contributed by atoms with Crippen LogP contribution in [0.3, 0.4) is 0 Å². The Balaban J connectivity index is 1.77. The monoisotopic (exact) mass is 448 g/mol. The van der Waals surface area contributed by atoms with E-state index in [1.807, 2.05) is 0 Å². The van der Waals surface area contributed by atoms with Gasteiger partial charge in [-0.1, -0.05) is 48.5 Å². The van der Waals surface area contributed by atoms with Crippen LogP contribution in [0.15, 0.2) is 88.5 Å². The van der Waals surface area contributed by atoms with Crippen molar-refractivity contribution in [1.29, 1.82) is 0 Å². The van der Waals surface area contributed by atoms with Gasteiger partial charge in [0, 0.05) is 12.1 Å². The van der Waals surface area contributed by atoms with Gasteiger partial charge in [0.05, 0.1) is 12.2 Å². The van der Waals surface area contributed by atoms with Gasteiger partial charge < -0.3 is 5.32 Å². The summed E-state index contributed by atoms with van der Waals surface area (Å²) in [6.07, 6.45) is 0. The van der Waals surface area contributed by atoms with E-state index in [4.69, 9.17) is 0 Å². The van der Waals surface area contributed by atoms with Crippen molar-refractivity contribution in [2.75, 3.05) is 0 Å². The molecule has 3 aromatic carbocycles. The number of nitrogens with one attached hydrogen (secondary N) is 1. The van der Waals surface area contributed by atoms with Crippen molar-refractivity contribution in [2.24, 2.45) is 0 Å². The Kier molecular flexibility index (Phi) is 6.21. The molecule has 1 N–H and O–H groups in total. The SMILES string of the molecule is O=C(NCc1cccc(F)c1)c1nn(-c2ccccc2)c(=O)n(Cc2ccccc2F)c1=O. The lowest BCUT2D eigenvalue weighted by Gasteiger charge is -2.13. The number of carbonyl (C=O) groups excluding carboxylic acids is 1. The molecule has 1 aromatic heterocycles. The lowest BCUT2D eigenvalue weighted by Crippen LogP contribution is -2.46. The molecule has 0 radical (unpaired) electrons. The van der Waals surface area contributed by atoms with Gasteiger partial charge in [-0.25, -0.2) is 13.6 Å². The minimum Gasteiger partial charge on any atom is -0.346 e. The zero-order valence-electron chi connectivity index (χ0n) is 17.2. The first-order valence-corrected chi connectivity index (χ1v) is 9.99. The molecular formula is C24H18F2N4O3. The van der Waals surface area contributed by atoms with Gasteiger partial charge in [-0.2, -0.15) is 9.78 Å². The minimum atomic E-state index is -0.966. The van der Waals surface area contributed by atoms with Crippen molar-refractivity contribution in [3.63, 3.8) is 0 Å². The van der Waals surface area contributed by atoms with Crippen LogP contribution in [0.4, 0.5) is 8.78 Å². The molecule has 0 bridgehead atoms. The van der Waals surface area contributed by atoms with E-state index in [9.17, 15) is 23.2 Å². The summed E-state index contributed by atoms with van der Waals surface area (Å²) in [4.78, 5) is 38.9. The fourth-order valence-electron chi connectivity index (χ4n) is 3.24. The van der Waals surface area contributed by atoms with Crippen LogP contribution in [0.1, 0.15) is 21.6 Å². The first-order chi connectivity index (χ1) is 15.9. The number of para-hydroxylation sites is 1. The minimum absolute atomic E-state index is 0.0600. The van der Waals surface area contributed by atoms with Gasteiger partial charge in [0.25, 0.3) is 11.5 Å². The summed E-state index contributed by atoms with van der Waals surface area (Å²) in [6.45, 7) is -0.445. The number of benzene rings is 3. The van der Waals surface area contributed by atoms with Crippen LogP contribution >= 0.6 is 0 Å². The molecule has 4 aromatic rings. The Morgan fingerprint density at radius 3 is 2.36 bits per heavy atom. The van der Waals surface area contributed by atoms with Crippen molar-refractivity contribution >= 4 is 5.91 Å². The third kappa shape index (κ3) is 4.77. The van der Waals surface area contributed by atoms with Crippen LogP contribution in [-0.2, 0) is 13.1 Å². The number of halogens is 2. The zero-order chi connectivity index (χ0) is 23.4. The Bertz CT molecular complexity index is 1430. The van der Waals surface area contributed by atoms with Crippen LogP contribution in [0.25, 0.3) is 5.69 Å². The highest BCUT2D eigenvalue weighted by atomic mass is 19.1. The predicted octanol–water partition coefficient (Wildman–Crippen LogP) is 2.65. The Morgan fingerprint density at radius 2 is 1.64 bits per heavy atom. The second-order valence-corrected chi connectivity index (χ2v) is 7.17. The van der Waals surface area contributed by atoms with Gasteiger partial charge in [0.15, 0.2) is 0 Å². The number of hydrogen-bond donors (Lipinski definition) is 1. The zero-order valence-corrected chi connectivity index (χ0v) is 17.2. The third-order valence-corrected chi connectivity index (χ3v) is 4.90. The van der Waals surface area contributed by atoms with Crippen LogP contribution < -0.4 is 16.6 Å². The van der Waals surface area contributed by atoms with Crippen LogP contribution in [-0.4, -0.2) is 20.3 Å². The number of hydrogen-bond acceptors (Lipinski definition) is 4. The maximum absolute atomic E-state index is 14.2. The molecular weight excluding hydrogens is 430 g/mol. The van der Waals surface area contributed by atoms with Crippen molar-refractivity contribution in [1.82, 2.24) is 19.7 Å². The van der Waals surface area contributed by atoms with E-state index in [-0.39, 0.29) is 18.7 Å². The number of nitrogens with zero attached hydrogens (tertiary/aromatic N) is 3. The molecule has 4 rings (SSSR count). The number of aromatic nitrogens is 3. The summed E-state index contributed by atoms with van der Waals surface area (Å²) in [6, 6.07) is 19.6. The lowest BCUT2D eigenvalue weighted by molar-refractivity contribution is 0.0941. The molecule has 0 fully saturated rings. The van der Waals surface area contributed by atoms with E-state index in [2.05, 4.69) is 10.4 Å². The molecule has 166 valence electrons. The van der Waals surface area contributed by atoms with Gasteiger partial charge >= 0.3 is 5.69 Å². The first-order valence-electron chi connectivity index (χ1n) is 9.99. The summed E-state index contributed by atoms with van der Waals surface area (Å²) in [5, 5.41) is 6.50. The molecule has 0 atom stereocenters. The molecule has 0 aliphatic carbocycles. The summed E-state index contributed by atoms with van der Waals surface area (Å²) >= 11 is 0. The van der Waals surface area contributed by atoms with Gasteiger partial charge in [-0.15, -0.1) is 0 Å². The molecule has 0 unspecified atom stereocenters. The van der Waals surface area contributed by atoms with Crippen molar-refractivity contribution in [3.8, 4) is 5.69 Å². The smallest absolute Gasteiger partial charge is 0.346 e. The molecule has 0 saturated heterocycles. The maximum Gasteiger partial charge on any atom is 0.352 e. The van der Waals surface area contributed by atoms with E-state index in [1.54, 1.807) is 42.5 Å². The summed E-state index contributed by atoms with van der Waals surface area (Å²) < 4.78 is 29.3. The van der Waals surface area contributed by atoms with E-state index < -0.39 is 34.5 Å². The average Bonchev–Trinajstić information content (AvgIpc) is 2.82. The molecule has 1 amide bonds. The fourth-order valence-corrected chi connectivity index (χ4v) is 3.24. The highest BCUT2D eigenvalue weighted by molar-refractivity contribution is 5.91. The molecule has 33 heavy (non-hydrogen) atoms. The van der Waals surface area contributed by atoms with Gasteiger partial charge in [0.2, 0.25) is 5.69 Å². The molecule has 0 aliphatic heterocycles. The highest BCUT2D eigenvalue weighted by Gasteiger charge is 2.21. The Labute approximate surface area is 186 Å². The quantitative estimate of drug-likeness (QED) is 0.492. The third-order valence-electron chi connectivity index (χ3n) is 4.90. The predicted molar refractivity (Wildman–Crippen MR) is 117 cm³/mol. The van der Waals surface area contributed by atoms with Crippen LogP contribution in [0.2, 0.25) is 0 Å². The van der Waals surface area contributed by atoms with Crippen LogP contribution in [0.5, 0.6) is 0 Å². The normalized spacial score (nSPS) is 10.7. The summed E-state index contributed by atoms with van der Waals surface area (Å²) in [5.41, 5.74) is -1.43. The van der Waals surface area contributed by atoms with Crippen LogP contribution in [0, 0.1) is 11.6 Å². The van der Waals surface area contributed by atoms with Crippen molar-refractivity contribution < 1.29 is 13.6 Å². The highest BCUT2D eigenvalue weighted by Crippen LogP contribution is 2.08. The summed E-state index contributed by atoms with van der Waals surface area (Å²) in [7, 11) is 0. The van der Waals surface area contributed by atoms with Gasteiger partial charge in [-0.3, -0.25) is 14.2 Å². The molecule has 0 spiro atoms. The standard InChI is InChI=1S/C24H18F2N4O3/c25-18-9-6-7-16(13-18)14-27-22(31)21-23(32)29(15-17-8-4-5-12-20(17)26)24(33)30(28-21)19-10-2-1-3-11-19/h1-13H,14-15H2,(H,27,31). The Hall–Kier alpha value is -4.40. The lowest BCUT2D eigenvalue weighted by atomic mass is 10.2. The van der Waals surface area contributed by atoms with Crippen molar-refractivity contribution in [2.45, 2.75) is 13.1 Å². The Morgan fingerprint density at radius 1 is 0.909 bits per heavy atom. The second kappa shape index (κ2) is 9.39. The topological polar surface area (TPSA) is 86.0 Å². The molecule has 0 aliphatic rings. The second-order valence-electron chi connectivity index (χ2n) is 7.17. The number of carbonyl (C=O) groups is 1.